The molecule has 0 saturated carbocycles. The molecule has 2 nitrogen and oxygen atoms in total. The summed E-state index contributed by atoms with van der Waals surface area (Å²) in [6, 6.07) is 0. The smallest absolute Gasteiger partial charge is 0.661 e. The normalized spacial score (nSPS) is 8.18. The minimum Gasteiger partial charge on any atom is -0.661 e. The van der Waals surface area contributed by atoms with E-state index in [1.807, 2.05) is 13.8 Å². The zero-order valence-corrected chi connectivity index (χ0v) is 13.9. The van der Waals surface area contributed by atoms with Crippen LogP contribution in [0, 0.1) is 0 Å². The largest absolute Gasteiger partial charge is 1.00 e. The van der Waals surface area contributed by atoms with Gasteiger partial charge < -0.3 is 10.2 Å². The summed E-state index contributed by atoms with van der Waals surface area (Å²) in [5.41, 5.74) is 0. The van der Waals surface area contributed by atoms with Crippen molar-refractivity contribution < 1.29 is 58.2 Å². The molecule has 0 aromatic rings. The van der Waals surface area contributed by atoms with Gasteiger partial charge in [0.05, 0.1) is 0 Å². The number of hydrogen-bond donors (Lipinski definition) is 0. The Hall–Kier alpha value is 1.73. The second kappa shape index (κ2) is 17.7. The summed E-state index contributed by atoms with van der Waals surface area (Å²) < 4.78 is 0. The van der Waals surface area contributed by atoms with Gasteiger partial charge in [0.25, 0.3) is 0 Å². The molecule has 11 heavy (non-hydrogen) atoms. The second-order valence-electron chi connectivity index (χ2n) is 2.07. The number of likely N-dealkylation sites (N-methyl/N-ethyl adjacent to an activating group) is 2. The van der Waals surface area contributed by atoms with Crippen LogP contribution in [0.1, 0.15) is 20.8 Å². The van der Waals surface area contributed by atoms with Gasteiger partial charge in [-0.3, -0.25) is 0 Å². The molecule has 0 unspecified atom stereocenters. The predicted molar refractivity (Wildman–Crippen MR) is 48.7 cm³/mol. The summed E-state index contributed by atoms with van der Waals surface area (Å²) in [6.45, 7) is 9.07. The standard InChI is InChI=1S/C6H15N2.C2H6.Rb/c1-4-7-5-6-8(2)3;1-2;/h4-6H2,1-3H3;1-2H3;/q-1;;+1. The molecule has 0 saturated heterocycles. The molecule has 0 amide bonds. The van der Waals surface area contributed by atoms with Crippen molar-refractivity contribution in [3.63, 3.8) is 0 Å². The molecule has 3 heteroatoms. The zero-order chi connectivity index (χ0) is 8.41. The maximum atomic E-state index is 4.17. The third-order valence-corrected chi connectivity index (χ3v) is 0.929. The van der Waals surface area contributed by atoms with Gasteiger partial charge in [0, 0.05) is 0 Å². The van der Waals surface area contributed by atoms with Gasteiger partial charge in [0.1, 0.15) is 0 Å². The van der Waals surface area contributed by atoms with Gasteiger partial charge >= 0.3 is 58.2 Å². The average Bonchev–Trinajstić information content (AvgIpc) is 1.92. The van der Waals surface area contributed by atoms with Gasteiger partial charge in [0.15, 0.2) is 0 Å². The van der Waals surface area contributed by atoms with Crippen LogP contribution in [0.2, 0.25) is 0 Å². The van der Waals surface area contributed by atoms with Crippen LogP contribution >= 0.6 is 0 Å². The monoisotopic (exact) mass is 230 g/mol. The van der Waals surface area contributed by atoms with Crippen molar-refractivity contribution in [2.24, 2.45) is 0 Å². The van der Waals surface area contributed by atoms with Gasteiger partial charge in [-0.1, -0.05) is 20.8 Å². The average molecular weight is 231 g/mol. The minimum absolute atomic E-state index is 0. The zero-order valence-electron chi connectivity index (χ0n) is 9.02. The molecular weight excluding hydrogens is 210 g/mol. The maximum Gasteiger partial charge on any atom is 1.00 e. The first-order valence-corrected chi connectivity index (χ1v) is 4.05. The Morgan fingerprint density at radius 1 is 1.18 bits per heavy atom. The summed E-state index contributed by atoms with van der Waals surface area (Å²) in [5, 5.41) is 4.17. The topological polar surface area (TPSA) is 17.3 Å². The SMILES string of the molecule is CC.CC[N-]CCN(C)C.[Rb+]. The van der Waals surface area contributed by atoms with Crippen LogP contribution < -0.4 is 58.2 Å². The van der Waals surface area contributed by atoms with E-state index in [1.165, 1.54) is 0 Å². The quantitative estimate of drug-likeness (QED) is 0.565. The Morgan fingerprint density at radius 3 is 1.91 bits per heavy atom. The number of nitrogens with zero attached hydrogens (tertiary/aromatic N) is 2. The van der Waals surface area contributed by atoms with Gasteiger partial charge in [-0.05, 0) is 20.6 Å². The first-order chi connectivity index (χ1) is 4.77. The van der Waals surface area contributed by atoms with E-state index in [0.717, 1.165) is 19.6 Å². The third kappa shape index (κ3) is 24.5. The van der Waals surface area contributed by atoms with Crippen molar-refractivity contribution in [1.29, 1.82) is 0 Å². The fraction of sp³-hybridized carbons (Fsp3) is 1.00. The Kier molecular flexibility index (Phi) is 29.8. The van der Waals surface area contributed by atoms with E-state index in [-0.39, 0.29) is 58.2 Å². The van der Waals surface area contributed by atoms with Crippen LogP contribution in [0.3, 0.4) is 0 Å². The van der Waals surface area contributed by atoms with Crippen molar-refractivity contribution in [2.45, 2.75) is 20.8 Å². The van der Waals surface area contributed by atoms with Crippen LogP contribution in [0.15, 0.2) is 0 Å². The van der Waals surface area contributed by atoms with Crippen LogP contribution in [-0.2, 0) is 0 Å². The van der Waals surface area contributed by atoms with Crippen molar-refractivity contribution >= 4 is 0 Å². The number of rotatable bonds is 4. The molecule has 0 aliphatic rings. The summed E-state index contributed by atoms with van der Waals surface area (Å²) >= 11 is 0. The van der Waals surface area contributed by atoms with E-state index in [2.05, 4.69) is 31.2 Å². The molecular formula is C8H21N2Rb. The van der Waals surface area contributed by atoms with E-state index < -0.39 is 0 Å². The third-order valence-electron chi connectivity index (χ3n) is 0.929. The molecule has 64 valence electrons. The minimum atomic E-state index is 0. The summed E-state index contributed by atoms with van der Waals surface area (Å²) in [4.78, 5) is 2.14. The first-order valence-electron chi connectivity index (χ1n) is 4.05. The van der Waals surface area contributed by atoms with E-state index >= 15 is 0 Å². The Labute approximate surface area is 121 Å². The molecule has 0 rings (SSSR count). The molecule has 0 N–H and O–H groups in total. The molecule has 0 heterocycles. The van der Waals surface area contributed by atoms with Crippen LogP contribution in [0.25, 0.3) is 5.32 Å². The Morgan fingerprint density at radius 2 is 1.64 bits per heavy atom. The van der Waals surface area contributed by atoms with E-state index in [1.54, 1.807) is 0 Å². The van der Waals surface area contributed by atoms with Gasteiger partial charge in [0.2, 0.25) is 0 Å². The Bertz CT molecular complexity index is 49.4. The maximum absolute atomic E-state index is 4.17. The molecule has 0 radical (unpaired) electrons. The molecule has 0 aromatic carbocycles. The first kappa shape index (κ1) is 18.5. The fourth-order valence-electron chi connectivity index (χ4n) is 0.429. The molecule has 0 fully saturated rings. The van der Waals surface area contributed by atoms with Crippen LogP contribution in [-0.4, -0.2) is 38.6 Å². The van der Waals surface area contributed by atoms with Gasteiger partial charge in [-0.15, -0.1) is 6.54 Å². The predicted octanol–water partition coefficient (Wildman–Crippen LogP) is -1.03. The second-order valence-corrected chi connectivity index (χ2v) is 2.07. The molecule has 0 aromatic heterocycles. The van der Waals surface area contributed by atoms with Crippen molar-refractivity contribution in [2.75, 3.05) is 33.7 Å². The van der Waals surface area contributed by atoms with Gasteiger partial charge in [-0.25, -0.2) is 0 Å². The van der Waals surface area contributed by atoms with Crippen molar-refractivity contribution in [3.8, 4) is 0 Å². The van der Waals surface area contributed by atoms with Crippen molar-refractivity contribution in [3.05, 3.63) is 5.32 Å². The number of hydrogen-bond acceptors (Lipinski definition) is 1. The van der Waals surface area contributed by atoms with E-state index in [0.29, 0.717) is 0 Å². The Balaban J connectivity index is -0.000000196. The summed E-state index contributed by atoms with van der Waals surface area (Å²) in [7, 11) is 4.12. The van der Waals surface area contributed by atoms with Gasteiger partial charge in [-0.2, -0.15) is 6.54 Å². The molecule has 0 aliphatic heterocycles. The summed E-state index contributed by atoms with van der Waals surface area (Å²) in [5.74, 6) is 0. The van der Waals surface area contributed by atoms with Crippen molar-refractivity contribution in [1.82, 2.24) is 4.90 Å². The van der Waals surface area contributed by atoms with E-state index in [4.69, 9.17) is 0 Å². The summed E-state index contributed by atoms with van der Waals surface area (Å²) in [6.07, 6.45) is 0. The van der Waals surface area contributed by atoms with E-state index in [9.17, 15) is 0 Å². The fourth-order valence-corrected chi connectivity index (χ4v) is 0.429. The molecule has 0 atom stereocenters. The molecule has 0 bridgehead atoms. The van der Waals surface area contributed by atoms with Crippen LogP contribution in [0.5, 0.6) is 0 Å². The van der Waals surface area contributed by atoms with Crippen LogP contribution in [0.4, 0.5) is 0 Å². The molecule has 0 spiro atoms. The molecule has 0 aliphatic carbocycles.